The lowest BCUT2D eigenvalue weighted by molar-refractivity contribution is -0.121. The first-order valence-corrected chi connectivity index (χ1v) is 7.59. The first-order chi connectivity index (χ1) is 12.7. The van der Waals surface area contributed by atoms with E-state index < -0.39 is 52.5 Å². The molecule has 6 N–H and O–H groups in total. The quantitative estimate of drug-likeness (QED) is 0.256. The third kappa shape index (κ3) is 5.02. The van der Waals surface area contributed by atoms with E-state index in [1.165, 1.54) is 12.2 Å². The van der Waals surface area contributed by atoms with Crippen molar-refractivity contribution in [2.45, 2.75) is 6.42 Å². The summed E-state index contributed by atoms with van der Waals surface area (Å²) in [6, 6.07) is 4.52. The van der Waals surface area contributed by atoms with Crippen LogP contribution in [-0.2, 0) is 9.59 Å². The number of phenols is 6. The molecule has 2 aromatic rings. The molecule has 0 radical (unpaired) electrons. The average Bonchev–Trinajstić information content (AvgIpc) is 2.60. The van der Waals surface area contributed by atoms with Crippen LogP contribution in [0.15, 0.2) is 36.4 Å². The van der Waals surface area contributed by atoms with Crippen molar-refractivity contribution in [3.8, 4) is 34.5 Å². The molecule has 0 fully saturated rings. The number of phenolic OH excluding ortho intramolecular Hbond substituents is 6. The summed E-state index contributed by atoms with van der Waals surface area (Å²) in [5, 5.41) is 56.0. The van der Waals surface area contributed by atoms with Gasteiger partial charge in [0.15, 0.2) is 46.1 Å². The van der Waals surface area contributed by atoms with E-state index >= 15 is 0 Å². The third-order valence-corrected chi connectivity index (χ3v) is 3.46. The van der Waals surface area contributed by atoms with Crippen molar-refractivity contribution < 1.29 is 40.2 Å². The second-order valence-corrected chi connectivity index (χ2v) is 5.59. The molecule has 0 aliphatic carbocycles. The van der Waals surface area contributed by atoms with E-state index in [0.29, 0.717) is 0 Å². The summed E-state index contributed by atoms with van der Waals surface area (Å²) in [6.45, 7) is 0. The van der Waals surface area contributed by atoms with E-state index in [1.807, 2.05) is 0 Å². The van der Waals surface area contributed by atoms with Gasteiger partial charge in [0.2, 0.25) is 0 Å². The van der Waals surface area contributed by atoms with Gasteiger partial charge in [0.25, 0.3) is 0 Å². The molecule has 0 amide bonds. The summed E-state index contributed by atoms with van der Waals surface area (Å²) in [4.78, 5) is 23.6. The molecule has 2 aromatic carbocycles. The molecule has 140 valence electrons. The van der Waals surface area contributed by atoms with Gasteiger partial charge >= 0.3 is 0 Å². The molecular weight excluding hydrogens is 356 g/mol. The monoisotopic (exact) mass is 372 g/mol. The zero-order valence-corrected chi connectivity index (χ0v) is 13.8. The summed E-state index contributed by atoms with van der Waals surface area (Å²) < 4.78 is 0. The summed E-state index contributed by atoms with van der Waals surface area (Å²) in [7, 11) is 0. The highest BCUT2D eigenvalue weighted by Crippen LogP contribution is 2.36. The van der Waals surface area contributed by atoms with Gasteiger partial charge in [0, 0.05) is 0 Å². The summed E-state index contributed by atoms with van der Waals surface area (Å²) in [5.74, 6) is -4.66. The van der Waals surface area contributed by atoms with Crippen LogP contribution in [-0.4, -0.2) is 42.2 Å². The Labute approximate surface area is 153 Å². The summed E-state index contributed by atoms with van der Waals surface area (Å²) >= 11 is 0. The van der Waals surface area contributed by atoms with Crippen LogP contribution in [0.4, 0.5) is 0 Å². The molecule has 0 heterocycles. The molecular formula is C19H16O8. The van der Waals surface area contributed by atoms with Crippen molar-refractivity contribution in [1.82, 2.24) is 0 Å². The van der Waals surface area contributed by atoms with Gasteiger partial charge in [-0.25, -0.2) is 0 Å². The number of carbonyl (C=O) groups excluding carboxylic acids is 2. The SMILES string of the molecule is O=C(C=Cc1cc(O)c(O)c(O)c1)CC(=O)C=Cc1cc(O)c(O)c(O)c1. The highest BCUT2D eigenvalue weighted by Gasteiger charge is 2.09. The first kappa shape index (κ1) is 19.4. The van der Waals surface area contributed by atoms with Crippen LogP contribution >= 0.6 is 0 Å². The van der Waals surface area contributed by atoms with E-state index in [9.17, 15) is 40.2 Å². The zero-order chi connectivity index (χ0) is 20.1. The lowest BCUT2D eigenvalue weighted by Crippen LogP contribution is -2.01. The molecule has 0 aliphatic heterocycles. The van der Waals surface area contributed by atoms with Gasteiger partial charge < -0.3 is 30.6 Å². The maximum Gasteiger partial charge on any atom is 0.200 e. The normalized spacial score (nSPS) is 11.3. The highest BCUT2D eigenvalue weighted by atomic mass is 16.3. The Hall–Kier alpha value is -3.94. The number of hydrogen-bond donors (Lipinski definition) is 6. The second kappa shape index (κ2) is 7.96. The number of hydrogen-bond acceptors (Lipinski definition) is 8. The fourth-order valence-corrected chi connectivity index (χ4v) is 2.11. The average molecular weight is 372 g/mol. The Morgan fingerprint density at radius 3 is 1.22 bits per heavy atom. The number of ketones is 2. The van der Waals surface area contributed by atoms with E-state index in [0.717, 1.165) is 36.4 Å². The fourth-order valence-electron chi connectivity index (χ4n) is 2.11. The van der Waals surface area contributed by atoms with Crippen molar-refractivity contribution in [2.24, 2.45) is 0 Å². The molecule has 0 atom stereocenters. The predicted molar refractivity (Wildman–Crippen MR) is 95.6 cm³/mol. The molecule has 2 rings (SSSR count). The van der Waals surface area contributed by atoms with Crippen LogP contribution in [0, 0.1) is 0 Å². The number of carbonyl (C=O) groups is 2. The molecule has 0 bridgehead atoms. The molecule has 0 spiro atoms. The minimum Gasteiger partial charge on any atom is -0.504 e. The van der Waals surface area contributed by atoms with Crippen LogP contribution < -0.4 is 0 Å². The Bertz CT molecular complexity index is 833. The van der Waals surface area contributed by atoms with Gasteiger partial charge in [-0.15, -0.1) is 0 Å². The standard InChI is InChI=1S/C19H16O8/c20-12(3-1-10-5-14(22)18(26)15(23)6-10)9-13(21)4-2-11-7-16(24)19(27)17(25)8-11/h1-8,22-27H,9H2. The largest absolute Gasteiger partial charge is 0.504 e. The van der Waals surface area contributed by atoms with Crippen molar-refractivity contribution in [3.05, 3.63) is 47.5 Å². The number of aromatic hydroxyl groups is 6. The van der Waals surface area contributed by atoms with Gasteiger partial charge in [-0.1, -0.05) is 12.2 Å². The number of allylic oxidation sites excluding steroid dienone is 2. The molecule has 0 aliphatic rings. The van der Waals surface area contributed by atoms with Gasteiger partial charge in [-0.2, -0.15) is 0 Å². The molecule has 0 saturated carbocycles. The van der Waals surface area contributed by atoms with E-state index in [1.54, 1.807) is 0 Å². The van der Waals surface area contributed by atoms with Crippen LogP contribution in [0.2, 0.25) is 0 Å². The minimum atomic E-state index is -0.676. The van der Waals surface area contributed by atoms with Crippen LogP contribution in [0.3, 0.4) is 0 Å². The Balaban J connectivity index is 2.00. The highest BCUT2D eigenvalue weighted by molar-refractivity contribution is 6.10. The smallest absolute Gasteiger partial charge is 0.200 e. The molecule has 27 heavy (non-hydrogen) atoms. The number of rotatable bonds is 6. The number of benzene rings is 2. The van der Waals surface area contributed by atoms with E-state index in [-0.39, 0.29) is 11.1 Å². The van der Waals surface area contributed by atoms with Gasteiger partial charge in [-0.05, 0) is 47.5 Å². The topological polar surface area (TPSA) is 156 Å². The van der Waals surface area contributed by atoms with Crippen LogP contribution in [0.25, 0.3) is 12.2 Å². The summed E-state index contributed by atoms with van der Waals surface area (Å²) in [6.07, 6.45) is 4.21. The zero-order valence-electron chi connectivity index (χ0n) is 13.8. The van der Waals surface area contributed by atoms with E-state index in [2.05, 4.69) is 0 Å². The molecule has 8 heteroatoms. The Morgan fingerprint density at radius 1 is 0.630 bits per heavy atom. The molecule has 0 saturated heterocycles. The second-order valence-electron chi connectivity index (χ2n) is 5.59. The first-order valence-electron chi connectivity index (χ1n) is 7.59. The van der Waals surface area contributed by atoms with Gasteiger partial charge in [0.1, 0.15) is 0 Å². The van der Waals surface area contributed by atoms with Crippen LogP contribution in [0.1, 0.15) is 17.5 Å². The lowest BCUT2D eigenvalue weighted by Gasteiger charge is -2.02. The minimum absolute atomic E-state index is 0.245. The Morgan fingerprint density at radius 2 is 0.926 bits per heavy atom. The van der Waals surface area contributed by atoms with Gasteiger partial charge in [0.05, 0.1) is 6.42 Å². The van der Waals surface area contributed by atoms with Gasteiger partial charge in [-0.3, -0.25) is 9.59 Å². The fraction of sp³-hybridized carbons (Fsp3) is 0.0526. The predicted octanol–water partition coefficient (Wildman–Crippen LogP) is 2.18. The summed E-state index contributed by atoms with van der Waals surface area (Å²) in [5.41, 5.74) is 0.489. The third-order valence-electron chi connectivity index (χ3n) is 3.46. The van der Waals surface area contributed by atoms with E-state index in [4.69, 9.17) is 0 Å². The lowest BCUT2D eigenvalue weighted by atomic mass is 10.1. The Kier molecular flexibility index (Phi) is 5.71. The maximum atomic E-state index is 11.8. The molecule has 0 unspecified atom stereocenters. The maximum absolute atomic E-state index is 11.8. The van der Waals surface area contributed by atoms with Crippen molar-refractivity contribution in [2.75, 3.05) is 0 Å². The van der Waals surface area contributed by atoms with Crippen LogP contribution in [0.5, 0.6) is 34.5 Å². The van der Waals surface area contributed by atoms with Crippen molar-refractivity contribution >= 4 is 23.7 Å². The molecule has 0 aromatic heterocycles. The van der Waals surface area contributed by atoms with Crippen molar-refractivity contribution in [3.63, 3.8) is 0 Å². The molecule has 8 nitrogen and oxygen atoms in total. The van der Waals surface area contributed by atoms with Crippen molar-refractivity contribution in [1.29, 1.82) is 0 Å².